The number of nitro groups is 1. The lowest BCUT2D eigenvalue weighted by Crippen LogP contribution is -2.13. The highest BCUT2D eigenvalue weighted by molar-refractivity contribution is 6.05. The Labute approximate surface area is 171 Å². The number of fused-ring (bicyclic) bond motifs is 1. The van der Waals surface area contributed by atoms with E-state index in [0.29, 0.717) is 11.5 Å². The molecule has 0 aliphatic carbocycles. The Balaban J connectivity index is 1.65. The number of benzene rings is 3. The van der Waals surface area contributed by atoms with Gasteiger partial charge < -0.3 is 15.0 Å². The number of hydrogen-bond donors (Lipinski definition) is 2. The number of aromatic amines is 1. The zero-order valence-electron chi connectivity index (χ0n) is 16.3. The third kappa shape index (κ3) is 3.58. The molecule has 0 atom stereocenters. The molecule has 8 nitrogen and oxygen atoms in total. The van der Waals surface area contributed by atoms with Crippen molar-refractivity contribution < 1.29 is 14.5 Å². The SMILES string of the molecule is COc1ccc(C(=O)Nc2cc(-c3nc4ccccc4[nH]3)ccc2C)cc1[N+](=O)[O-]. The van der Waals surface area contributed by atoms with Gasteiger partial charge in [-0.2, -0.15) is 0 Å². The molecule has 0 aliphatic heterocycles. The molecular formula is C22H18N4O4. The van der Waals surface area contributed by atoms with Crippen molar-refractivity contribution in [3.63, 3.8) is 0 Å². The van der Waals surface area contributed by atoms with Gasteiger partial charge in [0, 0.05) is 22.9 Å². The molecule has 1 heterocycles. The fraction of sp³-hybridized carbons (Fsp3) is 0.0909. The van der Waals surface area contributed by atoms with Crippen LogP contribution in [0.2, 0.25) is 0 Å². The second kappa shape index (κ2) is 7.67. The maximum atomic E-state index is 12.7. The molecule has 0 fully saturated rings. The first-order valence-electron chi connectivity index (χ1n) is 9.16. The molecule has 4 rings (SSSR count). The van der Waals surface area contributed by atoms with Gasteiger partial charge in [-0.1, -0.05) is 24.3 Å². The number of nitro benzene ring substituents is 1. The number of nitrogens with one attached hydrogen (secondary N) is 2. The summed E-state index contributed by atoms with van der Waals surface area (Å²) in [7, 11) is 1.34. The summed E-state index contributed by atoms with van der Waals surface area (Å²) in [5, 5.41) is 14.1. The van der Waals surface area contributed by atoms with E-state index in [1.165, 1.54) is 25.3 Å². The van der Waals surface area contributed by atoms with Crippen LogP contribution in [0, 0.1) is 17.0 Å². The van der Waals surface area contributed by atoms with Gasteiger partial charge in [0.05, 0.1) is 23.1 Å². The van der Waals surface area contributed by atoms with Crippen LogP contribution >= 0.6 is 0 Å². The summed E-state index contributed by atoms with van der Waals surface area (Å²) >= 11 is 0. The molecule has 150 valence electrons. The fourth-order valence-corrected chi connectivity index (χ4v) is 3.16. The summed E-state index contributed by atoms with van der Waals surface area (Å²) in [6.45, 7) is 1.87. The monoisotopic (exact) mass is 402 g/mol. The lowest BCUT2D eigenvalue weighted by molar-refractivity contribution is -0.385. The van der Waals surface area contributed by atoms with E-state index in [1.54, 1.807) is 0 Å². The predicted octanol–water partition coefficient (Wildman–Crippen LogP) is 4.71. The van der Waals surface area contributed by atoms with E-state index in [-0.39, 0.29) is 17.0 Å². The summed E-state index contributed by atoms with van der Waals surface area (Å²) in [4.78, 5) is 31.2. The first-order valence-corrected chi connectivity index (χ1v) is 9.16. The maximum Gasteiger partial charge on any atom is 0.311 e. The molecule has 0 bridgehead atoms. The molecule has 8 heteroatoms. The second-order valence-electron chi connectivity index (χ2n) is 6.73. The first-order chi connectivity index (χ1) is 14.5. The molecule has 2 N–H and O–H groups in total. The summed E-state index contributed by atoms with van der Waals surface area (Å²) in [6.07, 6.45) is 0. The zero-order valence-corrected chi connectivity index (χ0v) is 16.3. The molecule has 1 aromatic heterocycles. The lowest BCUT2D eigenvalue weighted by Gasteiger charge is -2.10. The van der Waals surface area contributed by atoms with Crippen molar-refractivity contribution in [2.24, 2.45) is 0 Å². The number of ether oxygens (including phenoxy) is 1. The van der Waals surface area contributed by atoms with Gasteiger partial charge in [0.15, 0.2) is 5.75 Å². The average Bonchev–Trinajstić information content (AvgIpc) is 3.19. The fourth-order valence-electron chi connectivity index (χ4n) is 3.16. The standard InChI is InChI=1S/C22H18N4O4/c1-13-7-8-14(21-23-16-5-3-4-6-17(16)24-21)11-18(13)25-22(27)15-9-10-20(30-2)19(12-15)26(28)29/h3-12H,1-2H3,(H,23,24)(H,25,27). The van der Waals surface area contributed by atoms with Crippen molar-refractivity contribution in [2.45, 2.75) is 6.92 Å². The molecule has 30 heavy (non-hydrogen) atoms. The Bertz CT molecular complexity index is 1250. The van der Waals surface area contributed by atoms with Crippen LogP contribution in [-0.2, 0) is 0 Å². The van der Waals surface area contributed by atoms with E-state index in [0.717, 1.165) is 22.2 Å². The average molecular weight is 402 g/mol. The lowest BCUT2D eigenvalue weighted by atomic mass is 10.1. The number of carbonyl (C=O) groups is 1. The number of rotatable bonds is 5. The maximum absolute atomic E-state index is 12.7. The van der Waals surface area contributed by atoms with Crippen LogP contribution in [0.1, 0.15) is 15.9 Å². The Morgan fingerprint density at radius 2 is 1.93 bits per heavy atom. The van der Waals surface area contributed by atoms with E-state index < -0.39 is 10.8 Å². The third-order valence-electron chi connectivity index (χ3n) is 4.79. The van der Waals surface area contributed by atoms with Crippen molar-refractivity contribution in [2.75, 3.05) is 12.4 Å². The van der Waals surface area contributed by atoms with Crippen molar-refractivity contribution in [1.82, 2.24) is 9.97 Å². The van der Waals surface area contributed by atoms with Crippen LogP contribution in [0.4, 0.5) is 11.4 Å². The summed E-state index contributed by atoms with van der Waals surface area (Å²) in [6, 6.07) is 17.4. The predicted molar refractivity (Wildman–Crippen MR) is 114 cm³/mol. The highest BCUT2D eigenvalue weighted by Gasteiger charge is 2.19. The van der Waals surface area contributed by atoms with Gasteiger partial charge in [-0.25, -0.2) is 4.98 Å². The van der Waals surface area contributed by atoms with E-state index in [2.05, 4.69) is 15.3 Å². The zero-order chi connectivity index (χ0) is 21.3. The molecule has 4 aromatic rings. The largest absolute Gasteiger partial charge is 0.490 e. The van der Waals surface area contributed by atoms with E-state index >= 15 is 0 Å². The van der Waals surface area contributed by atoms with Gasteiger partial charge in [0.25, 0.3) is 5.91 Å². The van der Waals surface area contributed by atoms with Gasteiger partial charge in [-0.3, -0.25) is 14.9 Å². The van der Waals surface area contributed by atoms with Crippen LogP contribution in [0.3, 0.4) is 0 Å². The molecule has 0 saturated carbocycles. The number of methoxy groups -OCH3 is 1. The Hall–Kier alpha value is -4.20. The molecule has 0 radical (unpaired) electrons. The van der Waals surface area contributed by atoms with Crippen molar-refractivity contribution in [3.05, 3.63) is 81.9 Å². The number of imidazole rings is 1. The van der Waals surface area contributed by atoms with Gasteiger partial charge in [-0.05, 0) is 42.8 Å². The van der Waals surface area contributed by atoms with Crippen molar-refractivity contribution in [1.29, 1.82) is 0 Å². The number of carbonyl (C=O) groups excluding carboxylic acids is 1. The first kappa shape index (κ1) is 19.1. The number of aromatic nitrogens is 2. The van der Waals surface area contributed by atoms with E-state index in [9.17, 15) is 14.9 Å². The van der Waals surface area contributed by atoms with Crippen LogP contribution < -0.4 is 10.1 Å². The number of para-hydroxylation sites is 2. The van der Waals surface area contributed by atoms with Gasteiger partial charge >= 0.3 is 5.69 Å². The Morgan fingerprint density at radius 3 is 2.67 bits per heavy atom. The highest BCUT2D eigenvalue weighted by Crippen LogP contribution is 2.29. The molecule has 0 unspecified atom stereocenters. The molecule has 0 saturated heterocycles. The second-order valence-corrected chi connectivity index (χ2v) is 6.73. The number of anilines is 1. The molecule has 3 aromatic carbocycles. The van der Waals surface area contributed by atoms with Crippen molar-refractivity contribution >= 4 is 28.3 Å². The molecule has 0 spiro atoms. The molecule has 0 aliphatic rings. The summed E-state index contributed by atoms with van der Waals surface area (Å²) in [5.74, 6) is 0.331. The van der Waals surface area contributed by atoms with Gasteiger partial charge in [0.1, 0.15) is 5.82 Å². The summed E-state index contributed by atoms with van der Waals surface area (Å²) in [5.41, 5.74) is 3.93. The van der Waals surface area contributed by atoms with Crippen molar-refractivity contribution in [3.8, 4) is 17.1 Å². The molecule has 1 amide bonds. The quantitative estimate of drug-likeness (QED) is 0.371. The topological polar surface area (TPSA) is 110 Å². The summed E-state index contributed by atoms with van der Waals surface area (Å²) < 4.78 is 4.98. The normalized spacial score (nSPS) is 10.7. The van der Waals surface area contributed by atoms with Gasteiger partial charge in [0.2, 0.25) is 0 Å². The van der Waals surface area contributed by atoms with Crippen LogP contribution in [-0.4, -0.2) is 27.9 Å². The van der Waals surface area contributed by atoms with E-state index in [4.69, 9.17) is 4.74 Å². The minimum absolute atomic E-state index is 0.0969. The van der Waals surface area contributed by atoms with Crippen LogP contribution in [0.25, 0.3) is 22.4 Å². The van der Waals surface area contributed by atoms with Crippen LogP contribution in [0.15, 0.2) is 60.7 Å². The third-order valence-corrected chi connectivity index (χ3v) is 4.79. The minimum Gasteiger partial charge on any atom is -0.490 e. The van der Waals surface area contributed by atoms with Gasteiger partial charge in [-0.15, -0.1) is 0 Å². The number of aryl methyl sites for hydroxylation is 1. The highest BCUT2D eigenvalue weighted by atomic mass is 16.6. The smallest absolute Gasteiger partial charge is 0.311 e. The Kier molecular flexibility index (Phi) is 4.89. The molecular weight excluding hydrogens is 384 g/mol. The number of nitrogens with zero attached hydrogens (tertiary/aromatic N) is 2. The van der Waals surface area contributed by atoms with Crippen LogP contribution in [0.5, 0.6) is 5.75 Å². The number of amides is 1. The Morgan fingerprint density at radius 1 is 1.13 bits per heavy atom. The van der Waals surface area contributed by atoms with E-state index in [1.807, 2.05) is 49.4 Å². The number of hydrogen-bond acceptors (Lipinski definition) is 5. The minimum atomic E-state index is -0.580. The number of H-pyrrole nitrogens is 1.